The van der Waals surface area contributed by atoms with Gasteiger partial charge in [-0.15, -0.1) is 0 Å². The number of aromatic nitrogens is 2. The summed E-state index contributed by atoms with van der Waals surface area (Å²) in [5.41, 5.74) is 1.61. The van der Waals surface area contributed by atoms with E-state index in [1.165, 1.54) is 18.1 Å². The van der Waals surface area contributed by atoms with Crippen LogP contribution in [0.2, 0.25) is 0 Å². The van der Waals surface area contributed by atoms with E-state index in [-0.39, 0.29) is 5.82 Å². The van der Waals surface area contributed by atoms with Crippen molar-refractivity contribution in [3.05, 3.63) is 54.6 Å². The minimum Gasteiger partial charge on any atom is -0.497 e. The number of piperazine rings is 1. The molecule has 0 spiro atoms. The van der Waals surface area contributed by atoms with E-state index in [2.05, 4.69) is 37.2 Å². The molecule has 1 fully saturated rings. The Labute approximate surface area is 170 Å². The molecule has 0 aliphatic carbocycles. The molecule has 6 nitrogen and oxygen atoms in total. The fraction of sp³-hybridized carbons (Fsp3) is 0.364. The van der Waals surface area contributed by atoms with Gasteiger partial charge in [-0.25, -0.2) is 14.4 Å². The van der Waals surface area contributed by atoms with Crippen LogP contribution in [0.1, 0.15) is 6.42 Å². The lowest BCUT2D eigenvalue weighted by Gasteiger charge is -2.36. The molecule has 0 saturated carbocycles. The molecule has 4 rings (SSSR count). The summed E-state index contributed by atoms with van der Waals surface area (Å²) in [6.45, 7) is 5.97. The molecule has 0 atom stereocenters. The van der Waals surface area contributed by atoms with Gasteiger partial charge in [0.25, 0.3) is 0 Å². The van der Waals surface area contributed by atoms with Gasteiger partial charge in [0.2, 0.25) is 0 Å². The highest BCUT2D eigenvalue weighted by molar-refractivity contribution is 5.89. The van der Waals surface area contributed by atoms with Crippen LogP contribution >= 0.6 is 0 Å². The number of benzene rings is 2. The zero-order valence-corrected chi connectivity index (χ0v) is 16.6. The van der Waals surface area contributed by atoms with E-state index in [0.717, 1.165) is 56.8 Å². The van der Waals surface area contributed by atoms with Crippen molar-refractivity contribution < 1.29 is 9.13 Å². The highest BCUT2D eigenvalue weighted by atomic mass is 19.1. The Morgan fingerprint density at radius 2 is 1.83 bits per heavy atom. The van der Waals surface area contributed by atoms with Crippen molar-refractivity contribution in [3.63, 3.8) is 0 Å². The number of nitrogens with zero attached hydrogens (tertiary/aromatic N) is 4. The first kappa shape index (κ1) is 19.4. The lowest BCUT2D eigenvalue weighted by Crippen LogP contribution is -2.46. The van der Waals surface area contributed by atoms with Gasteiger partial charge in [0.15, 0.2) is 0 Å². The summed E-state index contributed by atoms with van der Waals surface area (Å²) in [6, 6.07) is 13.2. The fourth-order valence-corrected chi connectivity index (χ4v) is 3.72. The standard InChI is InChI=1S/C22H26FN5O/c1-29-18-8-6-17(7-9-18)28-14-12-27(13-15-28)11-3-10-24-22-19-4-2-5-20(23)21(19)25-16-26-22/h2,4-9,16H,3,10-15H2,1H3,(H,24,25,26). The van der Waals surface area contributed by atoms with E-state index < -0.39 is 0 Å². The number of halogens is 1. The number of methoxy groups -OCH3 is 1. The van der Waals surface area contributed by atoms with Gasteiger partial charge < -0.3 is 15.0 Å². The van der Waals surface area contributed by atoms with Gasteiger partial charge in [0.05, 0.1) is 7.11 Å². The first-order valence-corrected chi connectivity index (χ1v) is 9.99. The third-order valence-electron chi connectivity index (χ3n) is 5.37. The van der Waals surface area contributed by atoms with Crippen LogP contribution < -0.4 is 15.0 Å². The Morgan fingerprint density at radius 3 is 2.59 bits per heavy atom. The first-order valence-electron chi connectivity index (χ1n) is 9.99. The van der Waals surface area contributed by atoms with E-state index in [4.69, 9.17) is 4.74 Å². The molecule has 1 saturated heterocycles. The maximum absolute atomic E-state index is 13.9. The summed E-state index contributed by atoms with van der Waals surface area (Å²) in [5, 5.41) is 4.06. The van der Waals surface area contributed by atoms with Crippen molar-refractivity contribution in [2.45, 2.75) is 6.42 Å². The summed E-state index contributed by atoms with van der Waals surface area (Å²) in [4.78, 5) is 13.2. The minimum atomic E-state index is -0.317. The van der Waals surface area contributed by atoms with E-state index >= 15 is 0 Å². The van der Waals surface area contributed by atoms with E-state index in [0.29, 0.717) is 11.3 Å². The predicted octanol–water partition coefficient (Wildman–Crippen LogP) is 3.40. The first-order chi connectivity index (χ1) is 14.2. The van der Waals surface area contributed by atoms with Gasteiger partial charge in [-0.1, -0.05) is 6.07 Å². The van der Waals surface area contributed by atoms with Gasteiger partial charge in [-0.3, -0.25) is 4.90 Å². The summed E-state index contributed by atoms with van der Waals surface area (Å²) >= 11 is 0. The van der Waals surface area contributed by atoms with Crippen molar-refractivity contribution in [1.82, 2.24) is 14.9 Å². The SMILES string of the molecule is COc1ccc(N2CCN(CCCNc3ncnc4c(F)cccc34)CC2)cc1. The molecule has 3 aromatic rings. The van der Waals surface area contributed by atoms with Gasteiger partial charge in [0.1, 0.15) is 29.2 Å². The quantitative estimate of drug-likeness (QED) is 0.619. The molecule has 0 unspecified atom stereocenters. The van der Waals surface area contributed by atoms with Crippen molar-refractivity contribution >= 4 is 22.4 Å². The molecule has 2 heterocycles. The molecule has 1 aromatic heterocycles. The molecular formula is C22H26FN5O. The number of rotatable bonds is 7. The van der Waals surface area contributed by atoms with Gasteiger partial charge in [-0.05, 0) is 49.4 Å². The summed E-state index contributed by atoms with van der Waals surface area (Å²) in [7, 11) is 1.69. The maximum Gasteiger partial charge on any atom is 0.149 e. The number of para-hydroxylation sites is 1. The summed E-state index contributed by atoms with van der Waals surface area (Å²) < 4.78 is 19.1. The van der Waals surface area contributed by atoms with Crippen LogP contribution in [-0.4, -0.2) is 61.2 Å². The van der Waals surface area contributed by atoms with Gasteiger partial charge >= 0.3 is 0 Å². The zero-order valence-electron chi connectivity index (χ0n) is 16.6. The fourth-order valence-electron chi connectivity index (χ4n) is 3.72. The van der Waals surface area contributed by atoms with Crippen LogP contribution in [0.5, 0.6) is 5.75 Å². The van der Waals surface area contributed by atoms with Crippen molar-refractivity contribution in [2.24, 2.45) is 0 Å². The van der Waals surface area contributed by atoms with Crippen LogP contribution in [0.15, 0.2) is 48.8 Å². The maximum atomic E-state index is 13.9. The molecule has 29 heavy (non-hydrogen) atoms. The Hall–Kier alpha value is -2.93. The molecule has 2 aromatic carbocycles. The van der Waals surface area contributed by atoms with Crippen molar-refractivity contribution in [3.8, 4) is 5.75 Å². The van der Waals surface area contributed by atoms with Crippen LogP contribution in [0.25, 0.3) is 10.9 Å². The molecule has 7 heteroatoms. The third-order valence-corrected chi connectivity index (χ3v) is 5.37. The van der Waals surface area contributed by atoms with Gasteiger partial charge in [0, 0.05) is 43.8 Å². The molecule has 1 N–H and O–H groups in total. The number of anilines is 2. The van der Waals surface area contributed by atoms with Crippen molar-refractivity contribution in [1.29, 1.82) is 0 Å². The highest BCUT2D eigenvalue weighted by Gasteiger charge is 2.17. The minimum absolute atomic E-state index is 0.317. The summed E-state index contributed by atoms with van der Waals surface area (Å²) in [6.07, 6.45) is 2.41. The predicted molar refractivity (Wildman–Crippen MR) is 114 cm³/mol. The second kappa shape index (κ2) is 9.05. The van der Waals surface area contributed by atoms with Crippen LogP contribution in [0, 0.1) is 5.82 Å². The number of nitrogens with one attached hydrogen (secondary N) is 1. The normalized spacial score (nSPS) is 14.9. The topological polar surface area (TPSA) is 53.5 Å². The monoisotopic (exact) mass is 395 g/mol. The molecule has 1 aliphatic rings. The average Bonchev–Trinajstić information content (AvgIpc) is 2.78. The highest BCUT2D eigenvalue weighted by Crippen LogP contribution is 2.22. The number of hydrogen-bond acceptors (Lipinski definition) is 6. The third kappa shape index (κ3) is 4.56. The average molecular weight is 395 g/mol. The second-order valence-electron chi connectivity index (χ2n) is 7.17. The molecule has 1 aliphatic heterocycles. The largest absolute Gasteiger partial charge is 0.497 e. The molecule has 0 amide bonds. The zero-order chi connectivity index (χ0) is 20.1. The number of fused-ring (bicyclic) bond motifs is 1. The Kier molecular flexibility index (Phi) is 6.05. The van der Waals surface area contributed by atoms with E-state index in [9.17, 15) is 4.39 Å². The van der Waals surface area contributed by atoms with Crippen LogP contribution in [0.3, 0.4) is 0 Å². The number of hydrogen-bond donors (Lipinski definition) is 1. The van der Waals surface area contributed by atoms with Crippen molar-refractivity contribution in [2.75, 3.05) is 56.6 Å². The smallest absolute Gasteiger partial charge is 0.149 e. The number of ether oxygens (including phenoxy) is 1. The van der Waals surface area contributed by atoms with Crippen LogP contribution in [0.4, 0.5) is 15.9 Å². The molecule has 0 bridgehead atoms. The molecule has 0 radical (unpaired) electrons. The Morgan fingerprint density at radius 1 is 1.03 bits per heavy atom. The Balaban J connectivity index is 1.23. The molecule has 152 valence electrons. The van der Waals surface area contributed by atoms with E-state index in [1.54, 1.807) is 13.2 Å². The van der Waals surface area contributed by atoms with Crippen LogP contribution in [-0.2, 0) is 0 Å². The summed E-state index contributed by atoms with van der Waals surface area (Å²) in [5.74, 6) is 1.26. The Bertz CT molecular complexity index is 942. The van der Waals surface area contributed by atoms with E-state index in [1.807, 2.05) is 18.2 Å². The van der Waals surface area contributed by atoms with Gasteiger partial charge in [-0.2, -0.15) is 0 Å². The molecular weight excluding hydrogens is 369 g/mol. The second-order valence-corrected chi connectivity index (χ2v) is 7.17. The lowest BCUT2D eigenvalue weighted by atomic mass is 10.2. The lowest BCUT2D eigenvalue weighted by molar-refractivity contribution is 0.257.